The number of hydrogen-bond acceptors (Lipinski definition) is 5. The highest BCUT2D eigenvalue weighted by molar-refractivity contribution is 7.90. The molecule has 0 saturated heterocycles. The highest BCUT2D eigenvalue weighted by atomic mass is 35.5. The van der Waals surface area contributed by atoms with Crippen LogP contribution in [0.15, 0.2) is 35.5 Å². The molecule has 0 unspecified atom stereocenters. The minimum absolute atomic E-state index is 0.0866. The van der Waals surface area contributed by atoms with Crippen molar-refractivity contribution in [2.45, 2.75) is 11.8 Å². The molecule has 1 aromatic heterocycles. The lowest BCUT2D eigenvalue weighted by Crippen LogP contribution is -2.15. The number of aromatic nitrogens is 2. The molecule has 0 aliphatic carbocycles. The van der Waals surface area contributed by atoms with E-state index < -0.39 is 15.7 Å². The minimum atomic E-state index is -3.34. The van der Waals surface area contributed by atoms with Crippen LogP contribution in [0.25, 0.3) is 0 Å². The summed E-state index contributed by atoms with van der Waals surface area (Å²) in [6, 6.07) is 4.52. The number of nitrogens with one attached hydrogen (secondary N) is 1. The van der Waals surface area contributed by atoms with Crippen molar-refractivity contribution < 1.29 is 13.2 Å². The summed E-state index contributed by atoms with van der Waals surface area (Å²) in [5.41, 5.74) is 1.22. The first kappa shape index (κ1) is 15.4. The van der Waals surface area contributed by atoms with Crippen LogP contribution in [0.2, 0.25) is 5.15 Å². The van der Waals surface area contributed by atoms with Gasteiger partial charge in [0.1, 0.15) is 10.8 Å². The quantitative estimate of drug-likeness (QED) is 0.933. The summed E-state index contributed by atoms with van der Waals surface area (Å²) in [5, 5.41) is 2.79. The molecule has 1 N–H and O–H groups in total. The van der Waals surface area contributed by atoms with E-state index in [2.05, 4.69) is 15.3 Å². The Kier molecular flexibility index (Phi) is 4.24. The Morgan fingerprint density at radius 2 is 1.95 bits per heavy atom. The zero-order valence-corrected chi connectivity index (χ0v) is 12.9. The van der Waals surface area contributed by atoms with Crippen molar-refractivity contribution in [1.82, 2.24) is 9.97 Å². The van der Waals surface area contributed by atoms with E-state index in [1.165, 1.54) is 24.5 Å². The second-order valence-corrected chi connectivity index (χ2v) is 6.83. The molecule has 1 amide bonds. The van der Waals surface area contributed by atoms with Gasteiger partial charge < -0.3 is 5.32 Å². The van der Waals surface area contributed by atoms with Crippen LogP contribution in [0.3, 0.4) is 0 Å². The fourth-order valence-electron chi connectivity index (χ4n) is 1.58. The summed E-state index contributed by atoms with van der Waals surface area (Å²) in [6.07, 6.45) is 3.61. The normalized spacial score (nSPS) is 11.2. The van der Waals surface area contributed by atoms with Gasteiger partial charge in [-0.25, -0.2) is 18.4 Å². The van der Waals surface area contributed by atoms with Gasteiger partial charge in [-0.3, -0.25) is 4.79 Å². The third kappa shape index (κ3) is 3.77. The lowest BCUT2D eigenvalue weighted by atomic mass is 10.2. The lowest BCUT2D eigenvalue weighted by molar-refractivity contribution is 0.102. The number of sulfone groups is 1. The molecule has 21 heavy (non-hydrogen) atoms. The highest BCUT2D eigenvalue weighted by Crippen LogP contribution is 2.20. The first-order chi connectivity index (χ1) is 9.77. The number of halogens is 1. The lowest BCUT2D eigenvalue weighted by Gasteiger charge is -2.09. The molecule has 110 valence electrons. The molecule has 1 aromatic carbocycles. The molecular weight excluding hydrogens is 314 g/mol. The number of aryl methyl sites for hydroxylation is 1. The van der Waals surface area contributed by atoms with Crippen molar-refractivity contribution >= 4 is 33.0 Å². The molecule has 8 heteroatoms. The predicted molar refractivity (Wildman–Crippen MR) is 79.3 cm³/mol. The molecule has 2 aromatic rings. The van der Waals surface area contributed by atoms with E-state index >= 15 is 0 Å². The Morgan fingerprint density at radius 1 is 1.24 bits per heavy atom. The number of hydrogen-bond donors (Lipinski definition) is 1. The van der Waals surface area contributed by atoms with Crippen LogP contribution in [-0.4, -0.2) is 30.5 Å². The molecule has 0 aliphatic heterocycles. The second-order valence-electron chi connectivity index (χ2n) is 4.43. The van der Waals surface area contributed by atoms with Crippen LogP contribution < -0.4 is 5.32 Å². The second kappa shape index (κ2) is 5.79. The SMILES string of the molecule is Cc1ccc(S(C)(=O)=O)cc1NC(=O)c1cnc(Cl)cn1. The van der Waals surface area contributed by atoms with Gasteiger partial charge >= 0.3 is 0 Å². The molecule has 0 radical (unpaired) electrons. The third-order valence-electron chi connectivity index (χ3n) is 2.74. The number of benzene rings is 1. The van der Waals surface area contributed by atoms with Gasteiger partial charge in [0, 0.05) is 11.9 Å². The van der Waals surface area contributed by atoms with Gasteiger partial charge in [0.15, 0.2) is 9.84 Å². The molecule has 0 atom stereocenters. The van der Waals surface area contributed by atoms with Crippen molar-refractivity contribution in [2.24, 2.45) is 0 Å². The molecule has 6 nitrogen and oxygen atoms in total. The average Bonchev–Trinajstić information content (AvgIpc) is 2.40. The number of nitrogens with zero attached hydrogens (tertiary/aromatic N) is 2. The average molecular weight is 326 g/mol. The van der Waals surface area contributed by atoms with Crippen molar-refractivity contribution in [3.63, 3.8) is 0 Å². The minimum Gasteiger partial charge on any atom is -0.320 e. The van der Waals surface area contributed by atoms with Crippen LogP contribution >= 0.6 is 11.6 Å². The maximum absolute atomic E-state index is 12.0. The van der Waals surface area contributed by atoms with E-state index in [1.54, 1.807) is 13.0 Å². The Balaban J connectivity index is 2.31. The van der Waals surface area contributed by atoms with E-state index in [9.17, 15) is 13.2 Å². The van der Waals surface area contributed by atoms with E-state index in [1.807, 2.05) is 0 Å². The Labute approximate surface area is 127 Å². The fraction of sp³-hybridized carbons (Fsp3) is 0.154. The van der Waals surface area contributed by atoms with Gasteiger partial charge in [-0.1, -0.05) is 17.7 Å². The molecule has 2 rings (SSSR count). The van der Waals surface area contributed by atoms with Crippen molar-refractivity contribution in [1.29, 1.82) is 0 Å². The Morgan fingerprint density at radius 3 is 2.52 bits per heavy atom. The van der Waals surface area contributed by atoms with Gasteiger partial charge in [0.25, 0.3) is 5.91 Å². The van der Waals surface area contributed by atoms with E-state index in [4.69, 9.17) is 11.6 Å². The van der Waals surface area contributed by atoms with Crippen LogP contribution in [0.1, 0.15) is 16.1 Å². The van der Waals surface area contributed by atoms with E-state index in [0.29, 0.717) is 5.69 Å². The molecule has 0 spiro atoms. The van der Waals surface area contributed by atoms with Crippen molar-refractivity contribution in [3.8, 4) is 0 Å². The molecule has 0 bridgehead atoms. The first-order valence-electron chi connectivity index (χ1n) is 5.87. The molecule has 1 heterocycles. The molecular formula is C13H12ClN3O3S. The van der Waals surface area contributed by atoms with Crippen LogP contribution in [0.4, 0.5) is 5.69 Å². The highest BCUT2D eigenvalue weighted by Gasteiger charge is 2.13. The first-order valence-corrected chi connectivity index (χ1v) is 8.14. The summed E-state index contributed by atoms with van der Waals surface area (Å²) in [6.45, 7) is 1.76. The fourth-order valence-corrected chi connectivity index (χ4v) is 2.33. The van der Waals surface area contributed by atoms with Gasteiger partial charge in [-0.15, -0.1) is 0 Å². The van der Waals surface area contributed by atoms with Crippen LogP contribution in [0, 0.1) is 6.92 Å². The predicted octanol–water partition coefficient (Wildman–Crippen LogP) is 2.09. The zero-order valence-electron chi connectivity index (χ0n) is 11.3. The summed E-state index contributed by atoms with van der Waals surface area (Å²) in [5.74, 6) is -0.493. The largest absolute Gasteiger partial charge is 0.320 e. The summed E-state index contributed by atoms with van der Waals surface area (Å²) < 4.78 is 23.1. The van der Waals surface area contributed by atoms with Gasteiger partial charge in [-0.05, 0) is 24.6 Å². The van der Waals surface area contributed by atoms with Crippen molar-refractivity contribution in [2.75, 3.05) is 11.6 Å². The van der Waals surface area contributed by atoms with Gasteiger partial charge in [0.05, 0.1) is 17.3 Å². The smallest absolute Gasteiger partial charge is 0.275 e. The summed E-state index contributed by atoms with van der Waals surface area (Å²) in [4.78, 5) is 19.8. The van der Waals surface area contributed by atoms with Crippen LogP contribution in [0.5, 0.6) is 0 Å². The molecule has 0 saturated carbocycles. The molecule has 0 aliphatic rings. The van der Waals surface area contributed by atoms with Crippen LogP contribution in [-0.2, 0) is 9.84 Å². The Bertz CT molecular complexity index is 789. The Hall–Kier alpha value is -1.99. The van der Waals surface area contributed by atoms with E-state index in [0.717, 1.165) is 11.8 Å². The standard InChI is InChI=1S/C13H12ClN3O3S/c1-8-3-4-9(21(2,19)20)5-10(8)17-13(18)11-6-16-12(14)7-15-11/h3-7H,1-2H3,(H,17,18). The summed E-state index contributed by atoms with van der Waals surface area (Å²) in [7, 11) is -3.34. The van der Waals surface area contributed by atoms with Crippen molar-refractivity contribution in [3.05, 3.63) is 47.0 Å². The number of carbonyl (C=O) groups excluding carboxylic acids is 1. The summed E-state index contributed by atoms with van der Waals surface area (Å²) >= 11 is 5.60. The number of carbonyl (C=O) groups is 1. The zero-order chi connectivity index (χ0) is 15.6. The maximum Gasteiger partial charge on any atom is 0.275 e. The van der Waals surface area contributed by atoms with Gasteiger partial charge in [-0.2, -0.15) is 0 Å². The number of anilines is 1. The maximum atomic E-state index is 12.0. The van der Waals surface area contributed by atoms with E-state index in [-0.39, 0.29) is 15.7 Å². The third-order valence-corrected chi connectivity index (χ3v) is 4.04. The number of rotatable bonds is 3. The topological polar surface area (TPSA) is 89.0 Å². The van der Waals surface area contributed by atoms with Gasteiger partial charge in [0.2, 0.25) is 0 Å². The monoisotopic (exact) mass is 325 g/mol. The molecule has 0 fully saturated rings. The number of amides is 1.